The molecule has 0 aliphatic carbocycles. The zero-order valence-corrected chi connectivity index (χ0v) is 19.3. The highest BCUT2D eigenvalue weighted by Gasteiger charge is 2.38. The van der Waals surface area contributed by atoms with Gasteiger partial charge in [0.25, 0.3) is 5.91 Å². The number of nitrogens with zero attached hydrogens (tertiary/aromatic N) is 4. The van der Waals surface area contributed by atoms with E-state index < -0.39 is 41.1 Å². The van der Waals surface area contributed by atoms with Gasteiger partial charge in [-0.05, 0) is 24.3 Å². The average molecular weight is 509 g/mol. The van der Waals surface area contributed by atoms with Crippen molar-refractivity contribution in [1.29, 1.82) is 0 Å². The minimum Gasteiger partial charge on any atom is -0.465 e. The van der Waals surface area contributed by atoms with Crippen LogP contribution in [-0.4, -0.2) is 38.5 Å². The molecule has 0 atom stereocenters. The Labute approximate surface area is 201 Å². The smallest absolute Gasteiger partial charge is 0.450 e. The summed E-state index contributed by atoms with van der Waals surface area (Å²) in [5.41, 5.74) is -1.24. The maximum absolute atomic E-state index is 13.7. The third kappa shape index (κ3) is 5.79. The van der Waals surface area contributed by atoms with Gasteiger partial charge in [-0.2, -0.15) is 13.2 Å². The van der Waals surface area contributed by atoms with Crippen molar-refractivity contribution in [3.63, 3.8) is 0 Å². The van der Waals surface area contributed by atoms with E-state index in [1.165, 1.54) is 12.1 Å². The minimum atomic E-state index is -4.90. The van der Waals surface area contributed by atoms with Crippen LogP contribution in [0.25, 0.3) is 16.9 Å². The van der Waals surface area contributed by atoms with Crippen LogP contribution in [0.3, 0.4) is 0 Å². The molecule has 3 rings (SSSR count). The first-order chi connectivity index (χ1) is 17.0. The first-order valence-corrected chi connectivity index (χ1v) is 10.2. The number of benzene rings is 1. The topological polar surface area (TPSA) is 99.0 Å². The van der Waals surface area contributed by atoms with Crippen molar-refractivity contribution in [3.05, 3.63) is 78.4 Å². The van der Waals surface area contributed by atoms with Crippen molar-refractivity contribution in [2.45, 2.75) is 20.0 Å². The minimum absolute atomic E-state index is 0.0115. The van der Waals surface area contributed by atoms with E-state index in [1.54, 1.807) is 0 Å². The second kappa shape index (κ2) is 11.3. The van der Waals surface area contributed by atoms with Gasteiger partial charge in [-0.25, -0.2) is 28.5 Å². The van der Waals surface area contributed by atoms with Gasteiger partial charge < -0.3 is 10.1 Å². The Morgan fingerprint density at radius 2 is 1.81 bits per heavy atom. The van der Waals surface area contributed by atoms with E-state index >= 15 is 0 Å². The fourth-order valence-electron chi connectivity index (χ4n) is 2.89. The molecule has 8 nitrogen and oxygen atoms in total. The molecule has 0 bridgehead atoms. The van der Waals surface area contributed by atoms with E-state index in [4.69, 9.17) is 0 Å². The lowest BCUT2D eigenvalue weighted by molar-refractivity contribution is -0.145. The highest BCUT2D eigenvalue weighted by molar-refractivity contribution is 6.06. The number of nitrogens with one attached hydrogen (secondary N) is 1. The Kier molecular flexibility index (Phi) is 8.76. The van der Waals surface area contributed by atoms with Gasteiger partial charge in [-0.15, -0.1) is 0 Å². The maximum atomic E-state index is 13.7. The van der Waals surface area contributed by atoms with E-state index in [2.05, 4.69) is 38.2 Å². The molecule has 2 aromatic heterocycles. The molecule has 0 unspecified atom stereocenters. The summed E-state index contributed by atoms with van der Waals surface area (Å²) in [6, 6.07) is 3.60. The standard InChI is InChI=1S/C21H14F5N5O3.C2H6/c1-4-12(23)17(10(2)22)18(32)30-15-8-28-16(9-27-15)31-14-6-5-11(19(33)34-3)7-13(14)29-20(31)21(24,25)26;1-2/h4-9H,1-2H2,3H3,(H,27,30,32);1-2H3/b17-12-;. The lowest BCUT2D eigenvalue weighted by Gasteiger charge is -2.11. The van der Waals surface area contributed by atoms with Crippen LogP contribution < -0.4 is 5.32 Å². The highest BCUT2D eigenvalue weighted by Crippen LogP contribution is 2.33. The summed E-state index contributed by atoms with van der Waals surface area (Å²) in [7, 11) is 1.12. The summed E-state index contributed by atoms with van der Waals surface area (Å²) in [5, 5.41) is 2.06. The number of halogens is 5. The van der Waals surface area contributed by atoms with Gasteiger partial charge in [0.1, 0.15) is 17.2 Å². The molecule has 0 aliphatic heterocycles. The van der Waals surface area contributed by atoms with Crippen LogP contribution in [0.2, 0.25) is 0 Å². The first-order valence-electron chi connectivity index (χ1n) is 10.2. The Balaban J connectivity index is 0.00000222. The normalized spacial score (nSPS) is 11.7. The predicted molar refractivity (Wildman–Crippen MR) is 122 cm³/mol. The van der Waals surface area contributed by atoms with E-state index in [9.17, 15) is 31.5 Å². The number of rotatable bonds is 6. The molecule has 0 radical (unpaired) electrons. The summed E-state index contributed by atoms with van der Waals surface area (Å²) < 4.78 is 73.3. The van der Waals surface area contributed by atoms with Crippen molar-refractivity contribution < 1.29 is 36.3 Å². The number of alkyl halides is 3. The number of ether oxygens (including phenoxy) is 1. The van der Waals surface area contributed by atoms with Crippen molar-refractivity contribution in [2.24, 2.45) is 0 Å². The number of hydrogen-bond donors (Lipinski definition) is 1. The molecule has 13 heteroatoms. The Morgan fingerprint density at radius 1 is 1.14 bits per heavy atom. The Hall–Kier alpha value is -4.42. The van der Waals surface area contributed by atoms with Crippen molar-refractivity contribution in [3.8, 4) is 5.82 Å². The van der Waals surface area contributed by atoms with Gasteiger partial charge in [0, 0.05) is 0 Å². The molecule has 3 aromatic rings. The van der Waals surface area contributed by atoms with Gasteiger partial charge in [0.05, 0.1) is 36.1 Å². The van der Waals surface area contributed by atoms with Crippen LogP contribution in [-0.2, 0) is 15.7 Å². The van der Waals surface area contributed by atoms with Gasteiger partial charge in [0.15, 0.2) is 11.6 Å². The second-order valence-corrected chi connectivity index (χ2v) is 6.51. The van der Waals surface area contributed by atoms with Crippen LogP contribution >= 0.6 is 0 Å². The fraction of sp³-hybridized carbons (Fsp3) is 0.174. The molecular formula is C23H20F5N5O3. The number of hydrogen-bond acceptors (Lipinski definition) is 6. The maximum Gasteiger partial charge on any atom is 0.450 e. The van der Waals surface area contributed by atoms with Gasteiger partial charge >= 0.3 is 12.1 Å². The monoisotopic (exact) mass is 509 g/mol. The van der Waals surface area contributed by atoms with E-state index in [0.29, 0.717) is 10.6 Å². The first kappa shape index (κ1) is 27.8. The number of fused-ring (bicyclic) bond motifs is 1. The van der Waals surface area contributed by atoms with Crippen LogP contribution in [0.15, 0.2) is 67.1 Å². The SMILES string of the molecule is C=C/C(F)=C(\C(=C)F)C(=O)Nc1cnc(-n2c(C(F)(F)F)nc3cc(C(=O)OC)ccc32)cn1.CC. The van der Waals surface area contributed by atoms with Crippen LogP contribution in [0.4, 0.5) is 27.8 Å². The fourth-order valence-corrected chi connectivity index (χ4v) is 2.89. The molecule has 0 fully saturated rings. The number of anilines is 1. The molecule has 1 N–H and O–H groups in total. The van der Waals surface area contributed by atoms with E-state index in [-0.39, 0.29) is 28.2 Å². The summed E-state index contributed by atoms with van der Waals surface area (Å²) in [5.74, 6) is -6.65. The molecular weight excluding hydrogens is 489 g/mol. The molecule has 0 spiro atoms. The van der Waals surface area contributed by atoms with Crippen molar-refractivity contribution in [1.82, 2.24) is 19.5 Å². The number of methoxy groups -OCH3 is 1. The molecule has 0 saturated carbocycles. The lowest BCUT2D eigenvalue weighted by atomic mass is 10.2. The number of amides is 1. The van der Waals surface area contributed by atoms with Crippen molar-refractivity contribution >= 4 is 28.7 Å². The van der Waals surface area contributed by atoms with Gasteiger partial charge in [-0.3, -0.25) is 9.36 Å². The number of allylic oxidation sites excluding steroid dienone is 2. The average Bonchev–Trinajstić information content (AvgIpc) is 3.24. The Morgan fingerprint density at radius 3 is 2.31 bits per heavy atom. The highest BCUT2D eigenvalue weighted by atomic mass is 19.4. The molecule has 36 heavy (non-hydrogen) atoms. The molecule has 0 saturated heterocycles. The summed E-state index contributed by atoms with van der Waals surface area (Å²) >= 11 is 0. The summed E-state index contributed by atoms with van der Waals surface area (Å²) in [4.78, 5) is 35.0. The number of carbonyl (C=O) groups excluding carboxylic acids is 2. The molecule has 2 heterocycles. The zero-order valence-electron chi connectivity index (χ0n) is 19.3. The van der Waals surface area contributed by atoms with Crippen LogP contribution in [0.1, 0.15) is 30.0 Å². The molecule has 1 amide bonds. The third-order valence-electron chi connectivity index (χ3n) is 4.35. The molecule has 190 valence electrons. The summed E-state index contributed by atoms with van der Waals surface area (Å²) in [6.45, 7) is 9.96. The second-order valence-electron chi connectivity index (χ2n) is 6.51. The quantitative estimate of drug-likeness (QED) is 0.205. The van der Waals surface area contributed by atoms with Crippen LogP contribution in [0, 0.1) is 0 Å². The molecule has 0 aliphatic rings. The van der Waals surface area contributed by atoms with E-state index in [0.717, 1.165) is 25.6 Å². The largest absolute Gasteiger partial charge is 0.465 e. The summed E-state index contributed by atoms with van der Waals surface area (Å²) in [6.07, 6.45) is -2.53. The molecule has 1 aromatic carbocycles. The van der Waals surface area contributed by atoms with Gasteiger partial charge in [0.2, 0.25) is 5.82 Å². The van der Waals surface area contributed by atoms with Crippen LogP contribution in [0.5, 0.6) is 0 Å². The third-order valence-corrected chi connectivity index (χ3v) is 4.35. The number of aromatic nitrogens is 4. The number of imidazole rings is 1. The number of carbonyl (C=O) groups is 2. The number of esters is 1. The van der Waals surface area contributed by atoms with Crippen molar-refractivity contribution in [2.75, 3.05) is 12.4 Å². The lowest BCUT2D eigenvalue weighted by Crippen LogP contribution is -2.18. The predicted octanol–water partition coefficient (Wildman–Crippen LogP) is 5.48. The Bertz CT molecular complexity index is 1340. The van der Waals surface area contributed by atoms with E-state index in [1.807, 2.05) is 13.8 Å². The van der Waals surface area contributed by atoms with Gasteiger partial charge in [-0.1, -0.05) is 27.0 Å². The zero-order chi connectivity index (χ0) is 27.2.